The quantitative estimate of drug-likeness (QED) is 0.840. The zero-order chi connectivity index (χ0) is 12.3. The van der Waals surface area contributed by atoms with Crippen LogP contribution in [0.15, 0.2) is 4.52 Å². The number of aliphatic hydroxyl groups is 1. The smallest absolute Gasteiger partial charge is 0.240 e. The number of aliphatic hydroxyl groups excluding tert-OH is 1. The van der Waals surface area contributed by atoms with Gasteiger partial charge in [-0.2, -0.15) is 4.98 Å². The van der Waals surface area contributed by atoms with E-state index in [9.17, 15) is 5.11 Å². The van der Waals surface area contributed by atoms with E-state index >= 15 is 0 Å². The number of likely N-dealkylation sites (tertiary alicyclic amines) is 1. The normalized spacial score (nSPS) is 23.1. The number of aryl methyl sites for hydroxylation is 1. The van der Waals surface area contributed by atoms with E-state index in [0.717, 1.165) is 31.6 Å². The molecule has 0 spiro atoms. The average Bonchev–Trinajstić information content (AvgIpc) is 2.89. The molecule has 0 aromatic carbocycles. The molecular formula is C12H21N3O2. The van der Waals surface area contributed by atoms with Crippen molar-refractivity contribution in [3.8, 4) is 0 Å². The van der Waals surface area contributed by atoms with Crippen LogP contribution in [-0.2, 0) is 13.0 Å². The van der Waals surface area contributed by atoms with Crippen LogP contribution < -0.4 is 0 Å². The fourth-order valence-electron chi connectivity index (χ4n) is 2.44. The van der Waals surface area contributed by atoms with Crippen LogP contribution >= 0.6 is 0 Å². The number of hydrogen-bond acceptors (Lipinski definition) is 5. The molecule has 2 rings (SSSR count). The van der Waals surface area contributed by atoms with Gasteiger partial charge >= 0.3 is 0 Å². The minimum Gasteiger partial charge on any atom is -0.393 e. The molecule has 17 heavy (non-hydrogen) atoms. The van der Waals surface area contributed by atoms with E-state index in [0.29, 0.717) is 18.5 Å². The van der Waals surface area contributed by atoms with Gasteiger partial charge in [-0.1, -0.05) is 12.1 Å². The minimum absolute atomic E-state index is 0.241. The lowest BCUT2D eigenvalue weighted by molar-refractivity contribution is 0.124. The summed E-state index contributed by atoms with van der Waals surface area (Å²) in [6.45, 7) is 5.63. The Morgan fingerprint density at radius 3 is 3.06 bits per heavy atom. The van der Waals surface area contributed by atoms with Gasteiger partial charge in [0.15, 0.2) is 5.82 Å². The Hall–Kier alpha value is -0.940. The predicted molar refractivity (Wildman–Crippen MR) is 63.4 cm³/mol. The summed E-state index contributed by atoms with van der Waals surface area (Å²) in [5, 5.41) is 13.4. The number of aromatic nitrogens is 2. The summed E-state index contributed by atoms with van der Waals surface area (Å²) < 4.78 is 5.21. The maximum atomic E-state index is 9.46. The number of hydrogen-bond donors (Lipinski definition) is 1. The zero-order valence-electron chi connectivity index (χ0n) is 10.6. The Labute approximate surface area is 102 Å². The van der Waals surface area contributed by atoms with E-state index in [4.69, 9.17) is 4.52 Å². The molecule has 2 heterocycles. The summed E-state index contributed by atoms with van der Waals surface area (Å²) >= 11 is 0. The van der Waals surface area contributed by atoms with Gasteiger partial charge in [0.05, 0.1) is 12.6 Å². The van der Waals surface area contributed by atoms with Crippen LogP contribution in [0.5, 0.6) is 0 Å². The molecule has 0 bridgehead atoms. The molecule has 5 heteroatoms. The molecule has 5 nitrogen and oxygen atoms in total. The van der Waals surface area contributed by atoms with Crippen LogP contribution in [0.4, 0.5) is 0 Å². The van der Waals surface area contributed by atoms with E-state index in [1.54, 1.807) is 0 Å². The second kappa shape index (κ2) is 5.60. The summed E-state index contributed by atoms with van der Waals surface area (Å²) in [5.74, 6) is 1.46. The lowest BCUT2D eigenvalue weighted by Crippen LogP contribution is -2.31. The molecule has 0 saturated carbocycles. The van der Waals surface area contributed by atoms with Gasteiger partial charge < -0.3 is 9.63 Å². The van der Waals surface area contributed by atoms with Crippen molar-refractivity contribution in [3.05, 3.63) is 11.7 Å². The first-order valence-corrected chi connectivity index (χ1v) is 6.42. The maximum absolute atomic E-state index is 9.46. The van der Waals surface area contributed by atoms with E-state index in [2.05, 4.69) is 15.0 Å². The third-order valence-electron chi connectivity index (χ3n) is 3.28. The van der Waals surface area contributed by atoms with Crippen molar-refractivity contribution in [2.24, 2.45) is 0 Å². The summed E-state index contributed by atoms with van der Waals surface area (Å²) in [5.41, 5.74) is 0. The van der Waals surface area contributed by atoms with Gasteiger partial charge in [-0.3, -0.25) is 4.90 Å². The van der Waals surface area contributed by atoms with Gasteiger partial charge in [0.2, 0.25) is 5.89 Å². The predicted octanol–water partition coefficient (Wildman–Crippen LogP) is 1.37. The third kappa shape index (κ3) is 3.26. The van der Waals surface area contributed by atoms with Crippen LogP contribution in [0.3, 0.4) is 0 Å². The van der Waals surface area contributed by atoms with Crippen molar-refractivity contribution < 1.29 is 9.63 Å². The largest absolute Gasteiger partial charge is 0.393 e. The second-order valence-electron chi connectivity index (χ2n) is 4.81. The molecule has 1 aliphatic rings. The Morgan fingerprint density at radius 2 is 2.41 bits per heavy atom. The summed E-state index contributed by atoms with van der Waals surface area (Å²) in [4.78, 5) is 6.66. The zero-order valence-corrected chi connectivity index (χ0v) is 10.6. The molecule has 1 N–H and O–H groups in total. The molecule has 1 fully saturated rings. The first-order valence-electron chi connectivity index (χ1n) is 6.42. The lowest BCUT2D eigenvalue weighted by Gasteiger charge is -2.23. The summed E-state index contributed by atoms with van der Waals surface area (Å²) in [7, 11) is 0. The van der Waals surface area contributed by atoms with Gasteiger partial charge in [-0.15, -0.1) is 0 Å². The number of rotatable bonds is 5. The van der Waals surface area contributed by atoms with Crippen molar-refractivity contribution in [2.75, 3.05) is 6.54 Å². The molecule has 1 aliphatic heterocycles. The molecule has 0 radical (unpaired) electrons. The Morgan fingerprint density at radius 1 is 1.59 bits per heavy atom. The topological polar surface area (TPSA) is 62.4 Å². The highest BCUT2D eigenvalue weighted by molar-refractivity contribution is 4.89. The first-order chi connectivity index (χ1) is 8.19. The highest BCUT2D eigenvalue weighted by atomic mass is 16.5. The first kappa shape index (κ1) is 12.5. The van der Waals surface area contributed by atoms with Crippen LogP contribution in [0, 0.1) is 0 Å². The molecule has 0 amide bonds. The van der Waals surface area contributed by atoms with Crippen LogP contribution in [0.25, 0.3) is 0 Å². The SMILES string of the molecule is CCc1noc(CN2CCCC2CC(C)O)n1. The Kier molecular flexibility index (Phi) is 4.12. The van der Waals surface area contributed by atoms with Crippen LogP contribution in [-0.4, -0.2) is 38.8 Å². The highest BCUT2D eigenvalue weighted by Crippen LogP contribution is 2.23. The molecular weight excluding hydrogens is 218 g/mol. The van der Waals surface area contributed by atoms with Crippen molar-refractivity contribution >= 4 is 0 Å². The van der Waals surface area contributed by atoms with E-state index < -0.39 is 0 Å². The van der Waals surface area contributed by atoms with E-state index in [1.807, 2.05) is 13.8 Å². The Bertz CT molecular complexity index is 351. The van der Waals surface area contributed by atoms with Crippen LogP contribution in [0.2, 0.25) is 0 Å². The van der Waals surface area contributed by atoms with Crippen LogP contribution in [0.1, 0.15) is 44.8 Å². The number of nitrogens with zero attached hydrogens (tertiary/aromatic N) is 3. The van der Waals surface area contributed by atoms with Crippen molar-refractivity contribution in [1.82, 2.24) is 15.0 Å². The molecule has 96 valence electrons. The fourth-order valence-corrected chi connectivity index (χ4v) is 2.44. The monoisotopic (exact) mass is 239 g/mol. The summed E-state index contributed by atoms with van der Waals surface area (Å²) in [6.07, 6.45) is 3.73. The standard InChI is InChI=1S/C12H21N3O2/c1-3-11-13-12(17-14-11)8-15-6-4-5-10(15)7-9(2)16/h9-10,16H,3-8H2,1-2H3. The van der Waals surface area contributed by atoms with Gasteiger partial charge in [0.1, 0.15) is 0 Å². The minimum atomic E-state index is -0.241. The Balaban J connectivity index is 1.92. The van der Waals surface area contributed by atoms with Gasteiger partial charge in [0.25, 0.3) is 0 Å². The lowest BCUT2D eigenvalue weighted by atomic mass is 10.1. The molecule has 1 aromatic rings. The van der Waals surface area contributed by atoms with Gasteiger partial charge in [-0.05, 0) is 32.7 Å². The molecule has 1 saturated heterocycles. The average molecular weight is 239 g/mol. The van der Waals surface area contributed by atoms with E-state index in [-0.39, 0.29) is 6.10 Å². The van der Waals surface area contributed by atoms with Crippen molar-refractivity contribution in [3.63, 3.8) is 0 Å². The van der Waals surface area contributed by atoms with Crippen molar-refractivity contribution in [1.29, 1.82) is 0 Å². The van der Waals surface area contributed by atoms with Gasteiger partial charge in [0, 0.05) is 12.5 Å². The van der Waals surface area contributed by atoms with E-state index in [1.165, 1.54) is 6.42 Å². The molecule has 0 aliphatic carbocycles. The van der Waals surface area contributed by atoms with Crippen molar-refractivity contribution in [2.45, 2.75) is 58.2 Å². The van der Waals surface area contributed by atoms with Gasteiger partial charge in [-0.25, -0.2) is 0 Å². The summed E-state index contributed by atoms with van der Waals surface area (Å²) in [6, 6.07) is 0.451. The fraction of sp³-hybridized carbons (Fsp3) is 0.833. The molecule has 2 atom stereocenters. The highest BCUT2D eigenvalue weighted by Gasteiger charge is 2.26. The molecule has 1 aromatic heterocycles. The third-order valence-corrected chi connectivity index (χ3v) is 3.28. The molecule has 2 unspecified atom stereocenters. The second-order valence-corrected chi connectivity index (χ2v) is 4.81. The maximum Gasteiger partial charge on any atom is 0.240 e.